The second-order valence-corrected chi connectivity index (χ2v) is 5.59. The van der Waals surface area contributed by atoms with Crippen molar-refractivity contribution < 1.29 is 9.59 Å². The van der Waals surface area contributed by atoms with Gasteiger partial charge in [-0.15, -0.1) is 0 Å². The number of carbonyl (C=O) groups excluding carboxylic acids is 2. The van der Waals surface area contributed by atoms with E-state index in [1.807, 2.05) is 0 Å². The summed E-state index contributed by atoms with van der Waals surface area (Å²) in [7, 11) is 0. The van der Waals surface area contributed by atoms with Gasteiger partial charge in [0.25, 0.3) is 0 Å². The average molecular weight is 252 g/mol. The number of ketones is 2. The van der Waals surface area contributed by atoms with Gasteiger partial charge in [-0.05, 0) is 12.8 Å². The third kappa shape index (κ3) is 7.62. The van der Waals surface area contributed by atoms with Crippen molar-refractivity contribution in [2.24, 2.45) is 0 Å². The molecular formula is C16H28O2. The highest BCUT2D eigenvalue weighted by Crippen LogP contribution is 2.14. The van der Waals surface area contributed by atoms with Crippen molar-refractivity contribution in [2.45, 2.75) is 89.9 Å². The summed E-state index contributed by atoms with van der Waals surface area (Å²) in [4.78, 5) is 23.1. The molecule has 104 valence electrons. The molecule has 0 aromatic carbocycles. The van der Waals surface area contributed by atoms with E-state index in [1.165, 1.54) is 51.4 Å². The highest BCUT2D eigenvalue weighted by atomic mass is 16.2. The van der Waals surface area contributed by atoms with Crippen LogP contribution in [0.3, 0.4) is 0 Å². The van der Waals surface area contributed by atoms with E-state index in [0.29, 0.717) is 12.8 Å². The van der Waals surface area contributed by atoms with Crippen LogP contribution < -0.4 is 0 Å². The molecule has 0 spiro atoms. The van der Waals surface area contributed by atoms with E-state index in [2.05, 4.69) is 0 Å². The van der Waals surface area contributed by atoms with Gasteiger partial charge < -0.3 is 0 Å². The van der Waals surface area contributed by atoms with Gasteiger partial charge in [0.2, 0.25) is 0 Å². The van der Waals surface area contributed by atoms with Crippen LogP contribution in [0.2, 0.25) is 0 Å². The Kier molecular flexibility index (Phi) is 8.79. The largest absolute Gasteiger partial charge is 0.291 e. The second-order valence-electron chi connectivity index (χ2n) is 5.59. The first-order valence-electron chi connectivity index (χ1n) is 7.87. The lowest BCUT2D eigenvalue weighted by Crippen LogP contribution is -2.13. The van der Waals surface area contributed by atoms with E-state index in [0.717, 1.165) is 25.7 Å². The number of hydrogen-bond donors (Lipinski definition) is 0. The zero-order valence-corrected chi connectivity index (χ0v) is 11.7. The summed E-state index contributed by atoms with van der Waals surface area (Å²) in [5.74, 6) is -0.246. The van der Waals surface area contributed by atoms with Crippen LogP contribution in [0.5, 0.6) is 0 Å². The normalized spacial score (nSPS) is 22.9. The van der Waals surface area contributed by atoms with Crippen molar-refractivity contribution in [1.29, 1.82) is 0 Å². The van der Waals surface area contributed by atoms with Gasteiger partial charge in [0.1, 0.15) is 0 Å². The minimum Gasteiger partial charge on any atom is -0.291 e. The fraction of sp³-hybridized carbons (Fsp3) is 0.875. The van der Waals surface area contributed by atoms with Crippen LogP contribution in [0.1, 0.15) is 89.9 Å². The van der Waals surface area contributed by atoms with E-state index in [4.69, 9.17) is 0 Å². The molecule has 1 fully saturated rings. The Hall–Kier alpha value is -0.660. The molecule has 2 heteroatoms. The molecule has 0 atom stereocenters. The molecule has 0 heterocycles. The number of hydrogen-bond acceptors (Lipinski definition) is 2. The predicted molar refractivity (Wildman–Crippen MR) is 74.7 cm³/mol. The van der Waals surface area contributed by atoms with Gasteiger partial charge in [0.05, 0.1) is 0 Å². The van der Waals surface area contributed by atoms with Gasteiger partial charge in [-0.1, -0.05) is 64.2 Å². The summed E-state index contributed by atoms with van der Waals surface area (Å²) in [6.45, 7) is 0. The maximum absolute atomic E-state index is 11.6. The van der Waals surface area contributed by atoms with E-state index < -0.39 is 0 Å². The van der Waals surface area contributed by atoms with E-state index in [1.54, 1.807) is 0 Å². The zero-order valence-electron chi connectivity index (χ0n) is 11.7. The quantitative estimate of drug-likeness (QED) is 0.590. The molecule has 0 aliphatic heterocycles. The molecule has 0 saturated heterocycles. The molecule has 0 aromatic heterocycles. The molecule has 1 rings (SSSR count). The van der Waals surface area contributed by atoms with Crippen molar-refractivity contribution in [3.63, 3.8) is 0 Å². The lowest BCUT2D eigenvalue weighted by molar-refractivity contribution is -0.136. The van der Waals surface area contributed by atoms with Crippen LogP contribution in [0.25, 0.3) is 0 Å². The molecule has 1 saturated carbocycles. The molecule has 18 heavy (non-hydrogen) atoms. The number of Topliss-reactive ketones (excluding diaryl/α,β-unsaturated/α-hetero) is 2. The van der Waals surface area contributed by atoms with Gasteiger partial charge in [-0.3, -0.25) is 9.59 Å². The van der Waals surface area contributed by atoms with Crippen molar-refractivity contribution in [3.8, 4) is 0 Å². The standard InChI is InChI=1S/C16H28O2/c17-15-13-11-9-7-5-3-1-2-4-6-8-10-12-14-16(15)18/h1-14H2. The van der Waals surface area contributed by atoms with Gasteiger partial charge in [-0.2, -0.15) is 0 Å². The third-order valence-corrected chi connectivity index (χ3v) is 3.87. The zero-order chi connectivity index (χ0) is 13.1. The highest BCUT2D eigenvalue weighted by molar-refractivity contribution is 6.37. The van der Waals surface area contributed by atoms with Crippen molar-refractivity contribution in [1.82, 2.24) is 0 Å². The van der Waals surface area contributed by atoms with E-state index >= 15 is 0 Å². The summed E-state index contributed by atoms with van der Waals surface area (Å²) in [6.07, 6.45) is 15.5. The fourth-order valence-electron chi connectivity index (χ4n) is 2.62. The van der Waals surface area contributed by atoms with Crippen LogP contribution in [-0.4, -0.2) is 11.6 Å². The van der Waals surface area contributed by atoms with Gasteiger partial charge in [-0.25, -0.2) is 0 Å². The van der Waals surface area contributed by atoms with Crippen LogP contribution in [0.4, 0.5) is 0 Å². The minimum atomic E-state index is -0.123. The molecule has 1 aliphatic rings. The first-order chi connectivity index (χ1) is 8.80. The number of carbonyl (C=O) groups is 2. The van der Waals surface area contributed by atoms with Crippen molar-refractivity contribution in [3.05, 3.63) is 0 Å². The van der Waals surface area contributed by atoms with Gasteiger partial charge in [0, 0.05) is 12.8 Å². The lowest BCUT2D eigenvalue weighted by atomic mass is 10.00. The van der Waals surface area contributed by atoms with Crippen LogP contribution in [0.15, 0.2) is 0 Å². The summed E-state index contributed by atoms with van der Waals surface area (Å²) < 4.78 is 0. The molecule has 0 unspecified atom stereocenters. The maximum Gasteiger partial charge on any atom is 0.198 e. The summed E-state index contributed by atoms with van der Waals surface area (Å²) in [5.41, 5.74) is 0. The molecule has 0 amide bonds. The van der Waals surface area contributed by atoms with Gasteiger partial charge >= 0.3 is 0 Å². The smallest absolute Gasteiger partial charge is 0.198 e. The second kappa shape index (κ2) is 10.3. The third-order valence-electron chi connectivity index (χ3n) is 3.87. The topological polar surface area (TPSA) is 34.1 Å². The number of rotatable bonds is 0. The van der Waals surface area contributed by atoms with Crippen molar-refractivity contribution in [2.75, 3.05) is 0 Å². The monoisotopic (exact) mass is 252 g/mol. The fourth-order valence-corrected chi connectivity index (χ4v) is 2.62. The molecule has 0 radical (unpaired) electrons. The molecule has 1 aliphatic carbocycles. The maximum atomic E-state index is 11.6. The Morgan fingerprint density at radius 2 is 0.611 bits per heavy atom. The Morgan fingerprint density at radius 1 is 0.389 bits per heavy atom. The summed E-state index contributed by atoms with van der Waals surface area (Å²) in [6, 6.07) is 0. The average Bonchev–Trinajstić information content (AvgIpc) is 2.37. The van der Waals surface area contributed by atoms with Crippen LogP contribution in [-0.2, 0) is 9.59 Å². The SMILES string of the molecule is O=C1CCCCCCCCCCCCCCC1=O. The summed E-state index contributed by atoms with van der Waals surface area (Å²) >= 11 is 0. The molecule has 2 nitrogen and oxygen atoms in total. The highest BCUT2D eigenvalue weighted by Gasteiger charge is 2.12. The predicted octanol–water partition coefficient (Wildman–Crippen LogP) is 4.60. The summed E-state index contributed by atoms with van der Waals surface area (Å²) in [5, 5.41) is 0. The Bertz CT molecular complexity index is 219. The Morgan fingerprint density at radius 3 is 0.889 bits per heavy atom. The van der Waals surface area contributed by atoms with Crippen LogP contribution in [0, 0.1) is 0 Å². The molecular weight excluding hydrogens is 224 g/mol. The van der Waals surface area contributed by atoms with Gasteiger partial charge in [0.15, 0.2) is 11.6 Å². The molecule has 0 aromatic rings. The van der Waals surface area contributed by atoms with Crippen LogP contribution >= 0.6 is 0 Å². The lowest BCUT2D eigenvalue weighted by Gasteiger charge is -2.05. The Labute approximate surface area is 112 Å². The van der Waals surface area contributed by atoms with E-state index in [9.17, 15) is 9.59 Å². The van der Waals surface area contributed by atoms with E-state index in [-0.39, 0.29) is 11.6 Å². The minimum absolute atomic E-state index is 0.123. The molecule has 0 bridgehead atoms. The first kappa shape index (κ1) is 15.4. The van der Waals surface area contributed by atoms with Crippen molar-refractivity contribution >= 4 is 11.6 Å². The first-order valence-corrected chi connectivity index (χ1v) is 7.87. The Balaban J connectivity index is 2.24. The molecule has 0 N–H and O–H groups in total.